The highest BCUT2D eigenvalue weighted by atomic mass is 32.1. The van der Waals surface area contributed by atoms with E-state index in [1.807, 2.05) is 24.1 Å². The number of fused-ring (bicyclic) bond motifs is 3. The van der Waals surface area contributed by atoms with Crippen LogP contribution in [0.15, 0.2) is 24.4 Å². The molecule has 0 amide bonds. The van der Waals surface area contributed by atoms with E-state index in [1.54, 1.807) is 11.8 Å². The van der Waals surface area contributed by atoms with Gasteiger partial charge < -0.3 is 19.1 Å². The second-order valence-electron chi connectivity index (χ2n) is 10.4. The molecular weight excluding hydrogens is 555 g/mol. The lowest BCUT2D eigenvalue weighted by atomic mass is 9.85. The van der Waals surface area contributed by atoms with E-state index < -0.39 is 6.17 Å². The van der Waals surface area contributed by atoms with Crippen molar-refractivity contribution in [1.82, 2.24) is 24.6 Å². The summed E-state index contributed by atoms with van der Waals surface area (Å²) in [6, 6.07) is 6.64. The topological polar surface area (TPSA) is 94.8 Å². The maximum atomic E-state index is 15.5. The van der Waals surface area contributed by atoms with Crippen LogP contribution in [-0.2, 0) is 14.3 Å². The van der Waals surface area contributed by atoms with Gasteiger partial charge in [-0.25, -0.2) is 9.07 Å². The maximum absolute atomic E-state index is 15.5. The molecule has 40 heavy (non-hydrogen) atoms. The molecule has 3 aromatic rings. The first kappa shape index (κ1) is 30.4. The summed E-state index contributed by atoms with van der Waals surface area (Å²) >= 11 is 0. The number of hydrogen-bond acceptors (Lipinski definition) is 9. The van der Waals surface area contributed by atoms with Crippen LogP contribution in [0.2, 0.25) is 0 Å². The van der Waals surface area contributed by atoms with Crippen LogP contribution in [0.25, 0.3) is 16.7 Å². The Hall–Kier alpha value is -2.61. The van der Waals surface area contributed by atoms with E-state index in [0.29, 0.717) is 38.0 Å². The lowest BCUT2D eigenvalue weighted by molar-refractivity contribution is -0.141. The predicted octanol–water partition coefficient (Wildman–Crippen LogP) is 3.03. The summed E-state index contributed by atoms with van der Waals surface area (Å²) < 4.78 is 33.2. The molecule has 218 valence electrons. The number of rotatable bonds is 7. The SMILES string of the molecule is COC(=O)CCN1CCC(c2cc3c(cnn3-c3cc(N4CC5CC4CO5)nc(OC)n3)cc2C)C(F)C1.S.S. The van der Waals surface area contributed by atoms with Crippen LogP contribution >= 0.6 is 27.0 Å². The zero-order valence-corrected chi connectivity index (χ0v) is 25.0. The zero-order chi connectivity index (χ0) is 26.4. The second-order valence-corrected chi connectivity index (χ2v) is 10.4. The molecule has 3 fully saturated rings. The van der Waals surface area contributed by atoms with Gasteiger partial charge >= 0.3 is 12.0 Å². The smallest absolute Gasteiger partial charge is 0.320 e. The van der Waals surface area contributed by atoms with Gasteiger partial charge in [-0.3, -0.25) is 9.69 Å². The first-order valence-electron chi connectivity index (χ1n) is 13.2. The van der Waals surface area contributed by atoms with Gasteiger partial charge in [-0.2, -0.15) is 42.1 Å². The highest BCUT2D eigenvalue weighted by Crippen LogP contribution is 2.36. The van der Waals surface area contributed by atoms with Gasteiger partial charge in [-0.05, 0) is 49.6 Å². The number of likely N-dealkylation sites (tertiary alicyclic amines) is 1. The predicted molar refractivity (Wildman–Crippen MR) is 160 cm³/mol. The Labute approximate surface area is 247 Å². The summed E-state index contributed by atoms with van der Waals surface area (Å²) in [6.07, 6.45) is 2.96. The molecule has 0 aliphatic carbocycles. The number of carbonyl (C=O) groups is 1. The molecule has 6 rings (SSSR count). The van der Waals surface area contributed by atoms with Gasteiger partial charge in [0.2, 0.25) is 0 Å². The van der Waals surface area contributed by atoms with E-state index in [2.05, 4.69) is 32.1 Å². The number of aromatic nitrogens is 4. The van der Waals surface area contributed by atoms with E-state index in [9.17, 15) is 4.79 Å². The molecule has 3 aliphatic heterocycles. The van der Waals surface area contributed by atoms with Gasteiger partial charge in [0.25, 0.3) is 0 Å². The third-order valence-corrected chi connectivity index (χ3v) is 8.11. The Kier molecular flexibility index (Phi) is 9.48. The average molecular weight is 593 g/mol. The number of methoxy groups -OCH3 is 2. The Balaban J connectivity index is 0.00000185. The molecule has 10 nitrogen and oxygen atoms in total. The van der Waals surface area contributed by atoms with Crippen LogP contribution in [0.4, 0.5) is 10.2 Å². The van der Waals surface area contributed by atoms with Crippen molar-refractivity contribution in [1.29, 1.82) is 0 Å². The lowest BCUT2D eigenvalue weighted by Gasteiger charge is -2.35. The van der Waals surface area contributed by atoms with Crippen molar-refractivity contribution in [2.24, 2.45) is 0 Å². The van der Waals surface area contributed by atoms with Crippen molar-refractivity contribution in [3.63, 3.8) is 0 Å². The number of carbonyl (C=O) groups excluding carboxylic acids is 1. The summed E-state index contributed by atoms with van der Waals surface area (Å²) in [6.45, 7) is 5.06. The monoisotopic (exact) mass is 592 g/mol. The van der Waals surface area contributed by atoms with Gasteiger partial charge in [-0.1, -0.05) is 0 Å². The molecule has 0 N–H and O–H groups in total. The summed E-state index contributed by atoms with van der Waals surface area (Å²) in [5.41, 5.74) is 2.89. The Morgan fingerprint density at radius 1 is 1.15 bits per heavy atom. The number of halogens is 1. The number of alkyl halides is 1. The largest absolute Gasteiger partial charge is 0.469 e. The van der Waals surface area contributed by atoms with Gasteiger partial charge in [-0.15, -0.1) is 0 Å². The van der Waals surface area contributed by atoms with Crippen LogP contribution in [0.5, 0.6) is 6.01 Å². The fourth-order valence-electron chi connectivity index (χ4n) is 6.09. The highest BCUT2D eigenvalue weighted by molar-refractivity contribution is 7.59. The molecule has 4 atom stereocenters. The van der Waals surface area contributed by atoms with Gasteiger partial charge in [0.05, 0.1) is 51.1 Å². The maximum Gasteiger partial charge on any atom is 0.320 e. The molecular formula is C27H37FN6O4S2. The number of piperidine rings is 1. The van der Waals surface area contributed by atoms with Crippen LogP contribution < -0.4 is 9.64 Å². The fraction of sp³-hybridized carbons (Fsp3) is 0.556. The van der Waals surface area contributed by atoms with E-state index in [0.717, 1.165) is 47.4 Å². The zero-order valence-electron chi connectivity index (χ0n) is 23.0. The van der Waals surface area contributed by atoms with Crippen molar-refractivity contribution in [3.8, 4) is 11.8 Å². The highest BCUT2D eigenvalue weighted by Gasteiger charge is 2.40. The second kappa shape index (κ2) is 12.5. The molecule has 1 aromatic carbocycles. The van der Waals surface area contributed by atoms with Crippen LogP contribution in [0, 0.1) is 6.92 Å². The van der Waals surface area contributed by atoms with E-state index >= 15 is 4.39 Å². The molecule has 2 bridgehead atoms. The van der Waals surface area contributed by atoms with E-state index in [-0.39, 0.29) is 57.4 Å². The first-order valence-corrected chi connectivity index (χ1v) is 13.2. The van der Waals surface area contributed by atoms with Crippen LogP contribution in [0.1, 0.15) is 36.3 Å². The molecule has 2 aromatic heterocycles. The Bertz CT molecular complexity index is 1360. The minimum absolute atomic E-state index is 0. The van der Waals surface area contributed by atoms with Crippen molar-refractivity contribution in [3.05, 3.63) is 35.5 Å². The van der Waals surface area contributed by atoms with Gasteiger partial charge in [0.1, 0.15) is 12.0 Å². The number of esters is 1. The van der Waals surface area contributed by atoms with Crippen molar-refractivity contribution in [2.45, 2.75) is 50.4 Å². The fourth-order valence-corrected chi connectivity index (χ4v) is 6.09. The third-order valence-electron chi connectivity index (χ3n) is 8.11. The molecule has 0 radical (unpaired) electrons. The van der Waals surface area contributed by atoms with E-state index in [1.165, 1.54) is 7.11 Å². The minimum atomic E-state index is -1.03. The Morgan fingerprint density at radius 3 is 2.62 bits per heavy atom. The standard InChI is InChI=1S/C27H33FN6O4.2H2S/c1-16-8-17-12-29-34(25-11-24(30-27(31-25)37-3)33-13-19-9-18(33)15-38-19)23(17)10-21(16)20-4-6-32(14-22(20)28)7-5-26(35)36-2;;/h8,10-12,18-20,22H,4-7,9,13-15H2,1-3H3;2*1H2. The molecule has 0 saturated carbocycles. The molecule has 3 aliphatic rings. The number of anilines is 1. The summed E-state index contributed by atoms with van der Waals surface area (Å²) in [7, 11) is 2.93. The van der Waals surface area contributed by atoms with Crippen molar-refractivity contribution in [2.75, 3.05) is 51.9 Å². The first-order chi connectivity index (χ1) is 18.4. The van der Waals surface area contributed by atoms with Gasteiger partial charge in [0, 0.05) is 37.0 Å². The van der Waals surface area contributed by atoms with Crippen LogP contribution in [0.3, 0.4) is 0 Å². The average Bonchev–Trinajstić information content (AvgIpc) is 3.67. The third kappa shape index (κ3) is 5.74. The quantitative estimate of drug-likeness (QED) is 0.384. The minimum Gasteiger partial charge on any atom is -0.469 e. The number of nitrogens with zero attached hydrogens (tertiary/aromatic N) is 6. The lowest BCUT2D eigenvalue weighted by Crippen LogP contribution is -2.41. The van der Waals surface area contributed by atoms with Crippen molar-refractivity contribution >= 4 is 49.7 Å². The van der Waals surface area contributed by atoms with Gasteiger partial charge in [0.15, 0.2) is 5.82 Å². The number of morpholine rings is 1. The van der Waals surface area contributed by atoms with Crippen molar-refractivity contribution < 1.29 is 23.4 Å². The molecule has 0 spiro atoms. The van der Waals surface area contributed by atoms with E-state index in [4.69, 9.17) is 14.2 Å². The summed E-state index contributed by atoms with van der Waals surface area (Å²) in [5, 5.41) is 5.61. The number of aryl methyl sites for hydroxylation is 1. The molecule has 4 unspecified atom stereocenters. The number of ether oxygens (including phenoxy) is 3. The van der Waals surface area contributed by atoms with Crippen LogP contribution in [-0.4, -0.2) is 95.9 Å². The number of hydrogen-bond donors (Lipinski definition) is 0. The molecule has 5 heterocycles. The normalized spacial score (nSPS) is 24.1. The summed E-state index contributed by atoms with van der Waals surface area (Å²) in [5.74, 6) is 0.900. The molecule has 3 saturated heterocycles. The Morgan fingerprint density at radius 2 is 1.95 bits per heavy atom. The number of benzene rings is 1. The molecule has 13 heteroatoms. The summed E-state index contributed by atoms with van der Waals surface area (Å²) in [4.78, 5) is 25.0.